The Bertz CT molecular complexity index is 568. The molecule has 0 atom stereocenters. The molecule has 0 unspecified atom stereocenters. The highest BCUT2D eigenvalue weighted by Gasteiger charge is 2.19. The molecular weight excluding hydrogens is 254 g/mol. The van der Waals surface area contributed by atoms with Crippen molar-refractivity contribution in [3.63, 3.8) is 0 Å². The van der Waals surface area contributed by atoms with Crippen molar-refractivity contribution in [3.8, 4) is 0 Å². The van der Waals surface area contributed by atoms with Gasteiger partial charge in [0.25, 0.3) is 6.47 Å². The quantitative estimate of drug-likeness (QED) is 0.825. The van der Waals surface area contributed by atoms with E-state index < -0.39 is 0 Å². The molecule has 2 aromatic rings. The zero-order chi connectivity index (χ0) is 14.6. The van der Waals surface area contributed by atoms with Gasteiger partial charge in [-0.1, -0.05) is 0 Å². The van der Waals surface area contributed by atoms with Crippen molar-refractivity contribution in [2.24, 2.45) is 0 Å². The van der Waals surface area contributed by atoms with Crippen LogP contribution in [0.5, 0.6) is 0 Å². The molecule has 0 saturated carbocycles. The number of pyridine rings is 1. The predicted octanol–water partition coefficient (Wildman–Crippen LogP) is 2.21. The molecule has 3 rings (SSSR count). The molecule has 0 radical (unpaired) electrons. The van der Waals surface area contributed by atoms with E-state index in [1.54, 1.807) is 0 Å². The van der Waals surface area contributed by atoms with Crippen LogP contribution in [-0.4, -0.2) is 35.1 Å². The number of ether oxygens (including phenoxy) is 1. The van der Waals surface area contributed by atoms with Crippen LogP contribution in [-0.2, 0) is 9.53 Å². The maximum Gasteiger partial charge on any atom is 0.293 e. The maximum atomic E-state index is 9.60. The summed E-state index contributed by atoms with van der Waals surface area (Å²) in [5, 5.41) is 4.48. The minimum Gasteiger partial charge on any atom is -0.462 e. The topological polar surface area (TPSA) is 67.0 Å². The smallest absolute Gasteiger partial charge is 0.293 e. The van der Waals surface area contributed by atoms with Gasteiger partial charge in [-0.05, 0) is 38.5 Å². The fourth-order valence-electron chi connectivity index (χ4n) is 1.85. The molecule has 1 fully saturated rings. The zero-order valence-corrected chi connectivity index (χ0v) is 12.1. The van der Waals surface area contributed by atoms with Gasteiger partial charge in [0.15, 0.2) is 0 Å². The third-order valence-corrected chi connectivity index (χ3v) is 3.08. The molecule has 108 valence electrons. The summed E-state index contributed by atoms with van der Waals surface area (Å²) >= 11 is 0. The highest BCUT2D eigenvalue weighted by Crippen LogP contribution is 2.21. The lowest BCUT2D eigenvalue weighted by Crippen LogP contribution is -2.39. The maximum absolute atomic E-state index is 9.60. The summed E-state index contributed by atoms with van der Waals surface area (Å²) in [6, 6.07) is 4.29. The molecule has 1 aliphatic heterocycles. The molecule has 0 aliphatic carbocycles. The first-order valence-corrected chi connectivity index (χ1v) is 6.75. The van der Waals surface area contributed by atoms with Crippen LogP contribution < -0.4 is 5.32 Å². The van der Waals surface area contributed by atoms with Gasteiger partial charge in [0.05, 0.1) is 0 Å². The van der Waals surface area contributed by atoms with Crippen molar-refractivity contribution < 1.29 is 9.53 Å². The van der Waals surface area contributed by atoms with Crippen molar-refractivity contribution in [1.82, 2.24) is 15.3 Å². The lowest BCUT2D eigenvalue weighted by Gasteiger charge is -2.27. The Morgan fingerprint density at radius 1 is 1.40 bits per heavy atom. The highest BCUT2D eigenvalue weighted by molar-refractivity contribution is 5.75. The average molecular weight is 275 g/mol. The van der Waals surface area contributed by atoms with E-state index in [4.69, 9.17) is 0 Å². The summed E-state index contributed by atoms with van der Waals surface area (Å²) in [5.41, 5.74) is 2.02. The fourth-order valence-corrected chi connectivity index (χ4v) is 1.85. The average Bonchev–Trinajstić information content (AvgIpc) is 2.73. The Kier molecular flexibility index (Phi) is 4.39. The first-order chi connectivity index (χ1) is 9.49. The molecule has 0 amide bonds. The van der Waals surface area contributed by atoms with Gasteiger partial charge < -0.3 is 15.0 Å². The molecule has 3 heterocycles. The van der Waals surface area contributed by atoms with Crippen LogP contribution in [0.25, 0.3) is 11.0 Å². The van der Waals surface area contributed by atoms with E-state index in [-0.39, 0.29) is 5.60 Å². The van der Waals surface area contributed by atoms with E-state index in [0.29, 0.717) is 12.4 Å². The van der Waals surface area contributed by atoms with Gasteiger partial charge in [-0.2, -0.15) is 0 Å². The fraction of sp³-hybridized carbons (Fsp3) is 0.467. The minimum atomic E-state index is -0.318. The number of fused-ring (bicyclic) bond motifs is 1. The molecule has 1 aliphatic rings. The molecular formula is C15H21N3O2. The van der Waals surface area contributed by atoms with Crippen LogP contribution in [0.3, 0.4) is 0 Å². The van der Waals surface area contributed by atoms with Crippen molar-refractivity contribution in [1.29, 1.82) is 0 Å². The molecule has 2 N–H and O–H groups in total. The number of hydrogen-bond donors (Lipinski definition) is 2. The monoisotopic (exact) mass is 275 g/mol. The van der Waals surface area contributed by atoms with Crippen LogP contribution in [0.1, 0.15) is 32.3 Å². The standard InChI is InChI=1S/C10H11N3.C5H10O2/c1-2-12-10-7(1)3-8(6-13-10)9-4-11-5-9;1-5(2,3)7-4-6/h1-3,6,9,11H,4-5H2,(H,12,13);4H,1-3H3. The van der Waals surface area contributed by atoms with E-state index in [9.17, 15) is 4.79 Å². The molecule has 0 spiro atoms. The van der Waals surface area contributed by atoms with Gasteiger partial charge in [0, 0.05) is 36.8 Å². The van der Waals surface area contributed by atoms with Gasteiger partial charge in [-0.25, -0.2) is 4.98 Å². The zero-order valence-electron chi connectivity index (χ0n) is 12.1. The van der Waals surface area contributed by atoms with E-state index in [1.807, 2.05) is 33.2 Å². The predicted molar refractivity (Wildman–Crippen MR) is 78.6 cm³/mol. The second-order valence-electron chi connectivity index (χ2n) is 5.87. The van der Waals surface area contributed by atoms with E-state index in [2.05, 4.69) is 32.2 Å². The third-order valence-electron chi connectivity index (χ3n) is 3.08. The molecule has 1 saturated heterocycles. The van der Waals surface area contributed by atoms with Crippen molar-refractivity contribution in [2.75, 3.05) is 13.1 Å². The summed E-state index contributed by atoms with van der Waals surface area (Å²) in [7, 11) is 0. The Labute approximate surface area is 118 Å². The van der Waals surface area contributed by atoms with Crippen molar-refractivity contribution in [3.05, 3.63) is 30.1 Å². The normalized spacial score (nSPS) is 15.2. The second kappa shape index (κ2) is 6.05. The number of hydrogen-bond acceptors (Lipinski definition) is 4. The number of aromatic nitrogens is 2. The van der Waals surface area contributed by atoms with Crippen LogP contribution in [0.2, 0.25) is 0 Å². The summed E-state index contributed by atoms with van der Waals surface area (Å²) in [6.07, 6.45) is 3.91. The highest BCUT2D eigenvalue weighted by atomic mass is 16.5. The Morgan fingerprint density at radius 2 is 2.15 bits per heavy atom. The molecule has 2 aromatic heterocycles. The number of nitrogens with one attached hydrogen (secondary N) is 2. The lowest BCUT2D eigenvalue weighted by atomic mass is 9.95. The summed E-state index contributed by atoms with van der Waals surface area (Å²) in [5.74, 6) is 0.673. The van der Waals surface area contributed by atoms with Crippen LogP contribution in [0.15, 0.2) is 24.5 Å². The molecule has 5 heteroatoms. The van der Waals surface area contributed by atoms with Crippen molar-refractivity contribution >= 4 is 17.5 Å². The first-order valence-electron chi connectivity index (χ1n) is 6.75. The van der Waals surface area contributed by atoms with E-state index in [1.165, 1.54) is 10.9 Å². The Balaban J connectivity index is 0.000000182. The van der Waals surface area contributed by atoms with Crippen LogP contribution >= 0.6 is 0 Å². The number of carbonyl (C=O) groups excluding carboxylic acids is 1. The number of H-pyrrole nitrogens is 1. The third kappa shape index (κ3) is 3.81. The largest absolute Gasteiger partial charge is 0.462 e. The SMILES string of the molecule is CC(C)(C)OC=O.c1cc2cc(C3CNC3)cnc2[nH]1. The number of nitrogens with zero attached hydrogens (tertiary/aromatic N) is 1. The Morgan fingerprint density at radius 3 is 2.65 bits per heavy atom. The number of aromatic amines is 1. The van der Waals surface area contributed by atoms with Gasteiger partial charge >= 0.3 is 0 Å². The van der Waals surface area contributed by atoms with E-state index >= 15 is 0 Å². The molecule has 0 bridgehead atoms. The van der Waals surface area contributed by atoms with Crippen molar-refractivity contribution in [2.45, 2.75) is 32.3 Å². The van der Waals surface area contributed by atoms with Gasteiger partial charge in [-0.3, -0.25) is 4.79 Å². The van der Waals surface area contributed by atoms with Gasteiger partial charge in [-0.15, -0.1) is 0 Å². The van der Waals surface area contributed by atoms with Gasteiger partial charge in [0.1, 0.15) is 11.2 Å². The minimum absolute atomic E-state index is 0.318. The number of carbonyl (C=O) groups is 1. The van der Waals surface area contributed by atoms with Crippen LogP contribution in [0.4, 0.5) is 0 Å². The molecule has 5 nitrogen and oxygen atoms in total. The second-order valence-corrected chi connectivity index (χ2v) is 5.87. The summed E-state index contributed by atoms with van der Waals surface area (Å²) in [6.45, 7) is 8.11. The number of rotatable bonds is 2. The molecule has 0 aromatic carbocycles. The lowest BCUT2D eigenvalue weighted by molar-refractivity contribution is -0.138. The summed E-state index contributed by atoms with van der Waals surface area (Å²) < 4.78 is 4.55. The van der Waals surface area contributed by atoms with Gasteiger partial charge in [0.2, 0.25) is 0 Å². The van der Waals surface area contributed by atoms with Crippen LogP contribution in [0, 0.1) is 0 Å². The molecule has 20 heavy (non-hydrogen) atoms. The Hall–Kier alpha value is -1.88. The summed E-state index contributed by atoms with van der Waals surface area (Å²) in [4.78, 5) is 17.1. The first kappa shape index (κ1) is 14.5. The van der Waals surface area contributed by atoms with E-state index in [0.717, 1.165) is 18.7 Å².